The quantitative estimate of drug-likeness (QED) is 0.863. The Balaban J connectivity index is 1.67. The van der Waals surface area contributed by atoms with Crippen LogP contribution in [0.1, 0.15) is 19.7 Å². The predicted octanol–water partition coefficient (Wildman–Crippen LogP) is 2.41. The molecule has 2 aromatic heterocycles. The average molecular weight is 279 g/mol. The van der Waals surface area contributed by atoms with E-state index >= 15 is 0 Å². The van der Waals surface area contributed by atoms with Gasteiger partial charge in [0.25, 0.3) is 0 Å². The smallest absolute Gasteiger partial charge is 0.241 e. The zero-order valence-corrected chi connectivity index (χ0v) is 11.9. The summed E-state index contributed by atoms with van der Waals surface area (Å²) in [5.41, 5.74) is 0. The van der Waals surface area contributed by atoms with Crippen LogP contribution in [0.4, 0.5) is 0 Å². The molecule has 1 saturated heterocycles. The molecule has 0 unspecified atom stereocenters. The summed E-state index contributed by atoms with van der Waals surface area (Å²) in [6, 6.07) is 3.99. The maximum absolute atomic E-state index is 5.71. The molecular weight excluding hydrogens is 262 g/mol. The lowest BCUT2D eigenvalue weighted by atomic mass is 10.2. The second-order valence-corrected chi connectivity index (χ2v) is 5.89. The van der Waals surface area contributed by atoms with Crippen LogP contribution in [0.2, 0.25) is 0 Å². The first-order valence-corrected chi connectivity index (χ1v) is 7.33. The first kappa shape index (κ1) is 12.8. The van der Waals surface area contributed by atoms with E-state index in [0.717, 1.165) is 18.0 Å². The average Bonchev–Trinajstić information content (AvgIpc) is 2.96. The normalized spacial score (nSPS) is 24.7. The Morgan fingerprint density at radius 2 is 2.16 bits per heavy atom. The maximum atomic E-state index is 5.71. The number of hydrogen-bond acceptors (Lipinski definition) is 6. The zero-order chi connectivity index (χ0) is 13.2. The van der Waals surface area contributed by atoms with Gasteiger partial charge in [-0.15, -0.1) is 11.3 Å². The van der Waals surface area contributed by atoms with Gasteiger partial charge in [-0.1, -0.05) is 11.2 Å². The number of ether oxygens (including phenoxy) is 1. The van der Waals surface area contributed by atoms with E-state index in [1.165, 1.54) is 0 Å². The third-order valence-corrected chi connectivity index (χ3v) is 3.93. The van der Waals surface area contributed by atoms with Gasteiger partial charge < -0.3 is 9.26 Å². The second kappa shape index (κ2) is 5.40. The van der Waals surface area contributed by atoms with Crippen LogP contribution in [0.5, 0.6) is 0 Å². The van der Waals surface area contributed by atoms with Crippen LogP contribution < -0.4 is 0 Å². The molecule has 0 radical (unpaired) electrons. The van der Waals surface area contributed by atoms with E-state index in [-0.39, 0.29) is 12.2 Å². The first-order valence-electron chi connectivity index (χ1n) is 6.45. The molecular formula is C13H17N3O2S. The van der Waals surface area contributed by atoms with E-state index in [1.54, 1.807) is 11.3 Å². The molecule has 0 aliphatic carbocycles. The topological polar surface area (TPSA) is 51.4 Å². The van der Waals surface area contributed by atoms with Crippen molar-refractivity contribution in [2.24, 2.45) is 0 Å². The van der Waals surface area contributed by atoms with E-state index in [2.05, 4.69) is 28.9 Å². The fraction of sp³-hybridized carbons (Fsp3) is 0.538. The van der Waals surface area contributed by atoms with Crippen LogP contribution in [-0.2, 0) is 11.3 Å². The molecule has 3 heterocycles. The van der Waals surface area contributed by atoms with Crippen LogP contribution in [0, 0.1) is 0 Å². The molecule has 0 spiro atoms. The van der Waals surface area contributed by atoms with Gasteiger partial charge in [0.05, 0.1) is 23.6 Å². The van der Waals surface area contributed by atoms with Crippen LogP contribution in [-0.4, -0.2) is 40.3 Å². The minimum atomic E-state index is 0.253. The molecule has 0 amide bonds. The number of hydrogen-bond donors (Lipinski definition) is 0. The van der Waals surface area contributed by atoms with Crippen molar-refractivity contribution in [2.75, 3.05) is 13.1 Å². The van der Waals surface area contributed by atoms with Gasteiger partial charge in [-0.05, 0) is 25.3 Å². The highest BCUT2D eigenvalue weighted by atomic mass is 32.1. The fourth-order valence-corrected chi connectivity index (χ4v) is 3.08. The van der Waals surface area contributed by atoms with Gasteiger partial charge in [0.2, 0.25) is 11.7 Å². The molecule has 1 fully saturated rings. The summed E-state index contributed by atoms with van der Waals surface area (Å²) >= 11 is 1.62. The summed E-state index contributed by atoms with van der Waals surface area (Å²) in [6.45, 7) is 6.68. The summed E-state index contributed by atoms with van der Waals surface area (Å²) in [7, 11) is 0. The molecule has 0 N–H and O–H groups in total. The lowest BCUT2D eigenvalue weighted by molar-refractivity contribution is -0.0725. The van der Waals surface area contributed by atoms with Crippen LogP contribution in [0.25, 0.3) is 10.7 Å². The van der Waals surface area contributed by atoms with Crippen molar-refractivity contribution in [3.8, 4) is 10.7 Å². The van der Waals surface area contributed by atoms with Crippen molar-refractivity contribution >= 4 is 11.3 Å². The van der Waals surface area contributed by atoms with Gasteiger partial charge in [0, 0.05) is 13.1 Å². The Hall–Kier alpha value is -1.24. The largest absolute Gasteiger partial charge is 0.373 e. The van der Waals surface area contributed by atoms with Gasteiger partial charge in [0.15, 0.2) is 0 Å². The molecule has 0 bridgehead atoms. The molecule has 2 aromatic rings. The predicted molar refractivity (Wildman–Crippen MR) is 72.9 cm³/mol. The van der Waals surface area contributed by atoms with Crippen molar-refractivity contribution in [1.29, 1.82) is 0 Å². The Kier molecular flexibility index (Phi) is 3.63. The van der Waals surface area contributed by atoms with E-state index < -0.39 is 0 Å². The van der Waals surface area contributed by atoms with Gasteiger partial charge in [0.1, 0.15) is 0 Å². The minimum absolute atomic E-state index is 0.253. The molecule has 5 nitrogen and oxygen atoms in total. The van der Waals surface area contributed by atoms with Gasteiger partial charge >= 0.3 is 0 Å². The fourth-order valence-electron chi connectivity index (χ4n) is 2.43. The van der Waals surface area contributed by atoms with Crippen LogP contribution >= 0.6 is 11.3 Å². The Morgan fingerprint density at radius 3 is 2.84 bits per heavy atom. The molecule has 0 aromatic carbocycles. The molecule has 2 atom stereocenters. The summed E-state index contributed by atoms with van der Waals surface area (Å²) in [5.74, 6) is 1.35. The highest BCUT2D eigenvalue weighted by Crippen LogP contribution is 2.22. The lowest BCUT2D eigenvalue weighted by Crippen LogP contribution is -2.44. The summed E-state index contributed by atoms with van der Waals surface area (Å²) in [4.78, 5) is 7.78. The van der Waals surface area contributed by atoms with E-state index in [4.69, 9.17) is 9.26 Å². The first-order chi connectivity index (χ1) is 9.20. The number of rotatable bonds is 3. The molecule has 1 aliphatic heterocycles. The van der Waals surface area contributed by atoms with Crippen LogP contribution in [0.3, 0.4) is 0 Å². The van der Waals surface area contributed by atoms with E-state index in [0.29, 0.717) is 18.3 Å². The van der Waals surface area contributed by atoms with Crippen molar-refractivity contribution in [1.82, 2.24) is 15.0 Å². The number of morpholine rings is 1. The second-order valence-electron chi connectivity index (χ2n) is 4.94. The van der Waals surface area contributed by atoms with Crippen molar-refractivity contribution < 1.29 is 9.26 Å². The summed E-state index contributed by atoms with van der Waals surface area (Å²) < 4.78 is 11.0. The van der Waals surface area contributed by atoms with Gasteiger partial charge in [-0.25, -0.2) is 0 Å². The Bertz CT molecular complexity index is 516. The van der Waals surface area contributed by atoms with E-state index in [9.17, 15) is 0 Å². The van der Waals surface area contributed by atoms with Crippen LogP contribution in [0.15, 0.2) is 22.0 Å². The molecule has 0 saturated carbocycles. The molecule has 6 heteroatoms. The Labute approximate surface area is 116 Å². The zero-order valence-electron chi connectivity index (χ0n) is 11.1. The number of aromatic nitrogens is 2. The van der Waals surface area contributed by atoms with Crippen molar-refractivity contribution in [3.05, 3.63) is 23.4 Å². The summed E-state index contributed by atoms with van der Waals surface area (Å²) in [6.07, 6.45) is 0.506. The standard InChI is InChI=1S/C13H17N3O2S/c1-9-6-16(7-10(2)17-9)8-12-14-13(15-18-12)11-4-3-5-19-11/h3-5,9-10H,6-8H2,1-2H3/t9-,10-/m0/s1. The molecule has 102 valence electrons. The highest BCUT2D eigenvalue weighted by molar-refractivity contribution is 7.13. The van der Waals surface area contributed by atoms with E-state index in [1.807, 2.05) is 17.5 Å². The van der Waals surface area contributed by atoms with Gasteiger partial charge in [-0.2, -0.15) is 4.98 Å². The number of thiophene rings is 1. The SMILES string of the molecule is C[C@H]1CN(Cc2nc(-c3cccs3)no2)C[C@H](C)O1. The van der Waals surface area contributed by atoms with Gasteiger partial charge in [-0.3, -0.25) is 4.90 Å². The monoisotopic (exact) mass is 279 g/mol. The van der Waals surface area contributed by atoms with Crippen molar-refractivity contribution in [2.45, 2.75) is 32.6 Å². The molecule has 3 rings (SSSR count). The number of nitrogens with zero attached hydrogens (tertiary/aromatic N) is 3. The summed E-state index contributed by atoms with van der Waals surface area (Å²) in [5, 5.41) is 6.04. The van der Waals surface area contributed by atoms with Crippen molar-refractivity contribution in [3.63, 3.8) is 0 Å². The highest BCUT2D eigenvalue weighted by Gasteiger charge is 2.23. The third-order valence-electron chi connectivity index (χ3n) is 3.06. The molecule has 19 heavy (non-hydrogen) atoms. The Morgan fingerprint density at radius 1 is 1.37 bits per heavy atom. The minimum Gasteiger partial charge on any atom is -0.373 e. The third kappa shape index (κ3) is 3.02. The maximum Gasteiger partial charge on any atom is 0.241 e. The lowest BCUT2D eigenvalue weighted by Gasteiger charge is -2.34. The molecule has 1 aliphatic rings.